The molecule has 0 aliphatic rings. The van der Waals surface area contributed by atoms with Crippen molar-refractivity contribution >= 4 is 11.1 Å². The summed E-state index contributed by atoms with van der Waals surface area (Å²) in [6, 6.07) is 17.3. The summed E-state index contributed by atoms with van der Waals surface area (Å²) in [6.07, 6.45) is 1.62. The van der Waals surface area contributed by atoms with Gasteiger partial charge in [0.2, 0.25) is 0 Å². The van der Waals surface area contributed by atoms with Crippen molar-refractivity contribution in [3.63, 3.8) is 0 Å². The van der Waals surface area contributed by atoms with Crippen LogP contribution in [0.2, 0.25) is 0 Å². The lowest BCUT2D eigenvalue weighted by Crippen LogP contribution is -1.97. The predicted octanol–water partition coefficient (Wildman–Crippen LogP) is 4.15. The lowest BCUT2D eigenvalue weighted by molar-refractivity contribution is 0.559. The Morgan fingerprint density at radius 2 is 1.84 bits per heavy atom. The zero-order chi connectivity index (χ0) is 17.8. The maximum Gasteiger partial charge on any atom is 0.157 e. The van der Waals surface area contributed by atoms with E-state index in [4.69, 9.17) is 9.81 Å². The second-order valence-corrected chi connectivity index (χ2v) is 6.29. The molecule has 0 fully saturated rings. The molecular formula is C19H13FN2O2S. The normalized spacial score (nSPS) is 11.7. The van der Waals surface area contributed by atoms with Gasteiger partial charge in [-0.25, -0.2) is 8.60 Å². The number of nitriles is 1. The van der Waals surface area contributed by atoms with Crippen LogP contribution in [-0.4, -0.2) is 13.7 Å². The monoisotopic (exact) mass is 352 g/mol. The molecule has 0 spiro atoms. The van der Waals surface area contributed by atoms with Gasteiger partial charge >= 0.3 is 0 Å². The molecule has 0 amide bonds. The number of nitrogens with zero attached hydrogens (tertiary/aromatic N) is 2. The lowest BCUT2D eigenvalue weighted by Gasteiger charge is -2.10. The summed E-state index contributed by atoms with van der Waals surface area (Å²) in [5.74, 6) is -0.798. The van der Waals surface area contributed by atoms with Gasteiger partial charge in [-0.1, -0.05) is 30.3 Å². The average molecular weight is 352 g/mol. The number of rotatable bonds is 4. The summed E-state index contributed by atoms with van der Waals surface area (Å²) < 4.78 is 34.0. The minimum absolute atomic E-state index is 0.181. The number of halogens is 1. The fourth-order valence-corrected chi connectivity index (χ4v) is 3.04. The molecule has 0 bridgehead atoms. The third-order valence-corrected chi connectivity index (χ3v) is 4.30. The maximum atomic E-state index is 14.2. The molecule has 1 N–H and O–H groups in total. The zero-order valence-corrected chi connectivity index (χ0v) is 13.8. The Balaban J connectivity index is 2.05. The third-order valence-electron chi connectivity index (χ3n) is 3.74. The van der Waals surface area contributed by atoms with Gasteiger partial charge in [0.25, 0.3) is 0 Å². The molecule has 1 heterocycles. The van der Waals surface area contributed by atoms with Crippen LogP contribution in [0.15, 0.2) is 60.8 Å². The number of pyridine rings is 1. The fraction of sp³-hybridized carbons (Fsp3) is 0.0526. The molecule has 0 saturated heterocycles. The molecule has 4 nitrogen and oxygen atoms in total. The van der Waals surface area contributed by atoms with Gasteiger partial charge in [0, 0.05) is 22.9 Å². The quantitative estimate of drug-likeness (QED) is 0.716. The van der Waals surface area contributed by atoms with Crippen molar-refractivity contribution in [2.75, 3.05) is 0 Å². The first-order chi connectivity index (χ1) is 12.1. The highest BCUT2D eigenvalue weighted by atomic mass is 32.2. The molecule has 1 aromatic heterocycles. The van der Waals surface area contributed by atoms with Crippen molar-refractivity contribution < 1.29 is 13.2 Å². The van der Waals surface area contributed by atoms with E-state index in [1.807, 2.05) is 18.2 Å². The topological polar surface area (TPSA) is 74.0 Å². The van der Waals surface area contributed by atoms with Crippen molar-refractivity contribution in [3.05, 3.63) is 77.7 Å². The number of benzene rings is 2. The molecule has 1 unspecified atom stereocenters. The van der Waals surface area contributed by atoms with E-state index in [1.165, 1.54) is 12.1 Å². The smallest absolute Gasteiger partial charge is 0.157 e. The van der Waals surface area contributed by atoms with E-state index >= 15 is 0 Å². The Labute approximate surface area is 146 Å². The highest BCUT2D eigenvalue weighted by Crippen LogP contribution is 2.31. The van der Waals surface area contributed by atoms with Crippen molar-refractivity contribution in [2.24, 2.45) is 0 Å². The molecule has 0 radical (unpaired) electrons. The molecule has 0 saturated carbocycles. The van der Waals surface area contributed by atoms with Gasteiger partial charge in [-0.3, -0.25) is 4.98 Å². The van der Waals surface area contributed by atoms with Gasteiger partial charge < -0.3 is 4.55 Å². The Morgan fingerprint density at radius 3 is 2.48 bits per heavy atom. The molecular weight excluding hydrogens is 339 g/mol. The second kappa shape index (κ2) is 7.34. The van der Waals surface area contributed by atoms with E-state index in [0.29, 0.717) is 16.8 Å². The maximum absolute atomic E-state index is 14.2. The molecule has 3 aromatic rings. The molecule has 0 aliphatic heterocycles. The molecule has 0 aliphatic carbocycles. The van der Waals surface area contributed by atoms with Crippen LogP contribution in [0.1, 0.15) is 11.1 Å². The van der Waals surface area contributed by atoms with Gasteiger partial charge in [-0.15, -0.1) is 0 Å². The van der Waals surface area contributed by atoms with Crippen molar-refractivity contribution in [3.8, 4) is 28.5 Å². The van der Waals surface area contributed by atoms with Crippen LogP contribution in [0.3, 0.4) is 0 Å². The molecule has 25 heavy (non-hydrogen) atoms. The van der Waals surface area contributed by atoms with Gasteiger partial charge in [-0.2, -0.15) is 5.26 Å². The van der Waals surface area contributed by atoms with Gasteiger partial charge in [0.15, 0.2) is 11.1 Å². The first-order valence-corrected chi connectivity index (χ1v) is 8.68. The van der Waals surface area contributed by atoms with E-state index in [0.717, 1.165) is 11.1 Å². The summed E-state index contributed by atoms with van der Waals surface area (Å²) in [5, 5.41) is 8.91. The Kier molecular flexibility index (Phi) is 4.98. The van der Waals surface area contributed by atoms with Crippen LogP contribution in [0, 0.1) is 17.1 Å². The van der Waals surface area contributed by atoms with Crippen molar-refractivity contribution in [1.82, 2.24) is 4.98 Å². The molecule has 124 valence electrons. The Hall–Kier alpha value is -2.88. The highest BCUT2D eigenvalue weighted by Gasteiger charge is 2.12. The molecule has 2 aromatic carbocycles. The summed E-state index contributed by atoms with van der Waals surface area (Å²) >= 11 is -2.10. The molecule has 6 heteroatoms. The summed E-state index contributed by atoms with van der Waals surface area (Å²) in [6.45, 7) is 0. The predicted molar refractivity (Wildman–Crippen MR) is 94.3 cm³/mol. The first kappa shape index (κ1) is 17.0. The summed E-state index contributed by atoms with van der Waals surface area (Å²) in [7, 11) is 0. The second-order valence-electron chi connectivity index (χ2n) is 5.36. The largest absolute Gasteiger partial charge is 0.306 e. The van der Waals surface area contributed by atoms with E-state index in [2.05, 4.69) is 11.1 Å². The standard InChI is InChI=1S/C19H13FN2O2S/c20-18-10-15(7-8-16(18)12-25(23)24)19-17(2-1-9-22-19)14-5-3-13(11-21)4-6-14/h1-10H,12H2,(H,23,24). The lowest BCUT2D eigenvalue weighted by atomic mass is 9.98. The van der Waals surface area contributed by atoms with Crippen LogP contribution < -0.4 is 0 Å². The van der Waals surface area contributed by atoms with Crippen LogP contribution in [0.5, 0.6) is 0 Å². The third kappa shape index (κ3) is 3.79. The number of hydrogen-bond acceptors (Lipinski definition) is 3. The van der Waals surface area contributed by atoms with Crippen LogP contribution >= 0.6 is 0 Å². The van der Waals surface area contributed by atoms with Crippen molar-refractivity contribution in [2.45, 2.75) is 5.75 Å². The van der Waals surface area contributed by atoms with Gasteiger partial charge in [0.1, 0.15) is 5.82 Å². The van der Waals surface area contributed by atoms with Gasteiger partial charge in [0.05, 0.1) is 23.1 Å². The van der Waals surface area contributed by atoms with Crippen molar-refractivity contribution in [1.29, 1.82) is 5.26 Å². The Bertz CT molecular complexity index is 981. The molecule has 1 atom stereocenters. The molecule has 3 rings (SSSR count). The summed E-state index contributed by atoms with van der Waals surface area (Å²) in [5.41, 5.74) is 3.59. The zero-order valence-electron chi connectivity index (χ0n) is 13.0. The first-order valence-electron chi connectivity index (χ1n) is 7.40. The minimum atomic E-state index is -2.10. The van der Waals surface area contributed by atoms with E-state index in [1.54, 1.807) is 30.5 Å². The SMILES string of the molecule is N#Cc1ccc(-c2cccnc2-c2ccc(CS(=O)O)c(F)c2)cc1. The summed E-state index contributed by atoms with van der Waals surface area (Å²) in [4.78, 5) is 4.36. The number of hydrogen-bond donors (Lipinski definition) is 1. The van der Waals surface area contributed by atoms with Crippen LogP contribution in [0.25, 0.3) is 22.4 Å². The van der Waals surface area contributed by atoms with Gasteiger partial charge in [-0.05, 0) is 29.8 Å². The fourth-order valence-electron chi connectivity index (χ4n) is 2.54. The average Bonchev–Trinajstić information content (AvgIpc) is 2.63. The highest BCUT2D eigenvalue weighted by molar-refractivity contribution is 7.78. The van der Waals surface area contributed by atoms with Crippen LogP contribution in [0.4, 0.5) is 4.39 Å². The Morgan fingerprint density at radius 1 is 1.12 bits per heavy atom. The van der Waals surface area contributed by atoms with E-state index in [9.17, 15) is 8.60 Å². The van der Waals surface area contributed by atoms with E-state index < -0.39 is 16.9 Å². The minimum Gasteiger partial charge on any atom is -0.306 e. The van der Waals surface area contributed by atoms with E-state index in [-0.39, 0.29) is 11.3 Å². The van der Waals surface area contributed by atoms with Crippen LogP contribution in [-0.2, 0) is 16.8 Å². The number of aromatic nitrogens is 1.